The van der Waals surface area contributed by atoms with Gasteiger partial charge in [0, 0.05) is 23.7 Å². The van der Waals surface area contributed by atoms with Crippen molar-refractivity contribution in [3.63, 3.8) is 0 Å². The summed E-state index contributed by atoms with van der Waals surface area (Å²) in [6, 6.07) is 3.50. The summed E-state index contributed by atoms with van der Waals surface area (Å²) < 4.78 is 12.0. The minimum absolute atomic E-state index is 0.0363. The zero-order valence-corrected chi connectivity index (χ0v) is 12.1. The minimum atomic E-state index is -0.296. The molecule has 2 N–H and O–H groups in total. The average Bonchev–Trinajstić information content (AvgIpc) is 2.97. The van der Waals surface area contributed by atoms with Crippen LogP contribution in [0.2, 0.25) is 0 Å². The third-order valence-electron chi connectivity index (χ3n) is 3.41. The summed E-state index contributed by atoms with van der Waals surface area (Å²) in [6.45, 7) is 1.36. The Bertz CT molecular complexity index is 515. The van der Waals surface area contributed by atoms with Gasteiger partial charge in [0.05, 0.1) is 17.7 Å². The molecule has 102 valence electrons. The van der Waals surface area contributed by atoms with Crippen LogP contribution in [-0.4, -0.2) is 32.3 Å². The molecule has 6 heteroatoms. The molecule has 0 aromatic heterocycles. The first-order valence-electron chi connectivity index (χ1n) is 6.25. The van der Waals surface area contributed by atoms with Crippen LogP contribution in [-0.2, 0) is 9.53 Å². The maximum Gasteiger partial charge on any atom is 0.246 e. The van der Waals surface area contributed by atoms with E-state index in [-0.39, 0.29) is 18.1 Å². The van der Waals surface area contributed by atoms with Crippen LogP contribution in [0.5, 0.6) is 5.75 Å². The predicted octanol–water partition coefficient (Wildman–Crippen LogP) is 1.83. The van der Waals surface area contributed by atoms with E-state index in [4.69, 9.17) is 9.47 Å². The molecule has 1 saturated heterocycles. The number of halogens is 1. The first-order chi connectivity index (χ1) is 9.19. The van der Waals surface area contributed by atoms with Crippen molar-refractivity contribution < 1.29 is 14.3 Å². The molecule has 2 heterocycles. The summed E-state index contributed by atoms with van der Waals surface area (Å²) in [5.41, 5.74) is 1.75. The Balaban J connectivity index is 1.88. The Morgan fingerprint density at radius 3 is 3.05 bits per heavy atom. The summed E-state index contributed by atoms with van der Waals surface area (Å²) >= 11 is 3.50. The van der Waals surface area contributed by atoms with E-state index >= 15 is 0 Å². The van der Waals surface area contributed by atoms with Crippen molar-refractivity contribution in [1.82, 2.24) is 5.32 Å². The van der Waals surface area contributed by atoms with Crippen LogP contribution in [0.1, 0.15) is 18.0 Å². The van der Waals surface area contributed by atoms with Gasteiger partial charge >= 0.3 is 0 Å². The average molecular weight is 327 g/mol. The predicted molar refractivity (Wildman–Crippen MR) is 74.4 cm³/mol. The number of anilines is 1. The molecular weight excluding hydrogens is 312 g/mol. The van der Waals surface area contributed by atoms with Crippen molar-refractivity contribution in [3.05, 3.63) is 22.2 Å². The number of benzene rings is 1. The molecule has 0 aliphatic carbocycles. The van der Waals surface area contributed by atoms with E-state index in [0.717, 1.165) is 34.5 Å². The molecule has 0 bridgehead atoms. The molecule has 5 nitrogen and oxygen atoms in total. The summed E-state index contributed by atoms with van der Waals surface area (Å²) in [6.07, 6.45) is 0.987. The lowest BCUT2D eigenvalue weighted by Gasteiger charge is -2.15. The van der Waals surface area contributed by atoms with Crippen LogP contribution in [0.15, 0.2) is 16.6 Å². The lowest BCUT2D eigenvalue weighted by molar-refractivity contribution is -0.117. The first kappa shape index (κ1) is 12.9. The van der Waals surface area contributed by atoms with Gasteiger partial charge in [0.2, 0.25) is 5.91 Å². The van der Waals surface area contributed by atoms with E-state index in [1.54, 1.807) is 7.05 Å². The Morgan fingerprint density at radius 2 is 2.37 bits per heavy atom. The minimum Gasteiger partial charge on any atom is -0.487 e. The number of ether oxygens (including phenoxy) is 2. The van der Waals surface area contributed by atoms with Crippen molar-refractivity contribution in [2.45, 2.75) is 18.6 Å². The van der Waals surface area contributed by atoms with Gasteiger partial charge in [-0.25, -0.2) is 0 Å². The quantitative estimate of drug-likeness (QED) is 0.889. The molecule has 1 aromatic rings. The molecular formula is C13H15BrN2O3. The number of amides is 1. The van der Waals surface area contributed by atoms with Crippen molar-refractivity contribution in [2.24, 2.45) is 0 Å². The highest BCUT2D eigenvalue weighted by Gasteiger charge is 2.31. The fourth-order valence-corrected chi connectivity index (χ4v) is 2.88. The van der Waals surface area contributed by atoms with Gasteiger partial charge in [-0.05, 0) is 29.0 Å². The molecule has 0 saturated carbocycles. The summed E-state index contributed by atoms with van der Waals surface area (Å²) in [7, 11) is 1.77. The second-order valence-corrected chi connectivity index (χ2v) is 5.54. The molecule has 3 rings (SSSR count). The number of carbonyl (C=O) groups excluding carboxylic acids is 1. The molecule has 2 atom stereocenters. The van der Waals surface area contributed by atoms with Crippen LogP contribution < -0.4 is 15.4 Å². The summed E-state index contributed by atoms with van der Waals surface area (Å²) in [5.74, 6) is 0.706. The molecule has 1 aromatic carbocycles. The van der Waals surface area contributed by atoms with Gasteiger partial charge in [0.15, 0.2) is 0 Å². The van der Waals surface area contributed by atoms with Gasteiger partial charge in [0.1, 0.15) is 17.9 Å². The monoisotopic (exact) mass is 326 g/mol. The highest BCUT2D eigenvalue weighted by atomic mass is 79.9. The summed E-state index contributed by atoms with van der Waals surface area (Å²) in [4.78, 5) is 11.8. The van der Waals surface area contributed by atoms with Gasteiger partial charge in [-0.1, -0.05) is 0 Å². The van der Waals surface area contributed by atoms with Crippen LogP contribution in [0.3, 0.4) is 0 Å². The lowest BCUT2D eigenvalue weighted by atomic mass is 10.1. The SMILES string of the molecule is CNC1C(=O)Nc2cc(OC3CCOC3)c(Br)cc21. The molecule has 2 aliphatic heterocycles. The van der Waals surface area contributed by atoms with Gasteiger partial charge in [-0.3, -0.25) is 4.79 Å². The Kier molecular flexibility index (Phi) is 3.47. The second-order valence-electron chi connectivity index (χ2n) is 4.68. The Labute approximate surface area is 119 Å². The Hall–Kier alpha value is -1.11. The fraction of sp³-hybridized carbons (Fsp3) is 0.462. The van der Waals surface area contributed by atoms with E-state index in [1.807, 2.05) is 12.1 Å². The van der Waals surface area contributed by atoms with Crippen molar-refractivity contribution in [3.8, 4) is 5.75 Å². The molecule has 0 radical (unpaired) electrons. The number of hydrogen-bond acceptors (Lipinski definition) is 4. The topological polar surface area (TPSA) is 59.6 Å². The molecule has 2 aliphatic rings. The number of hydrogen-bond donors (Lipinski definition) is 2. The third kappa shape index (κ3) is 2.35. The maximum atomic E-state index is 11.8. The van der Waals surface area contributed by atoms with Gasteiger partial charge < -0.3 is 20.1 Å². The van der Waals surface area contributed by atoms with Gasteiger partial charge in [-0.2, -0.15) is 0 Å². The van der Waals surface area contributed by atoms with Crippen LogP contribution >= 0.6 is 15.9 Å². The van der Waals surface area contributed by atoms with Gasteiger partial charge in [0.25, 0.3) is 0 Å². The second kappa shape index (κ2) is 5.11. The van der Waals surface area contributed by atoms with Crippen LogP contribution in [0.25, 0.3) is 0 Å². The van der Waals surface area contributed by atoms with E-state index in [0.29, 0.717) is 6.61 Å². The van der Waals surface area contributed by atoms with Crippen molar-refractivity contribution in [2.75, 3.05) is 25.6 Å². The number of nitrogens with one attached hydrogen (secondary N) is 2. The molecule has 19 heavy (non-hydrogen) atoms. The molecule has 1 fully saturated rings. The number of carbonyl (C=O) groups is 1. The lowest BCUT2D eigenvalue weighted by Crippen LogP contribution is -2.23. The highest BCUT2D eigenvalue weighted by molar-refractivity contribution is 9.10. The third-order valence-corrected chi connectivity index (χ3v) is 4.03. The zero-order valence-electron chi connectivity index (χ0n) is 10.5. The van der Waals surface area contributed by atoms with Crippen LogP contribution in [0, 0.1) is 0 Å². The molecule has 1 amide bonds. The van der Waals surface area contributed by atoms with E-state index in [1.165, 1.54) is 0 Å². The van der Waals surface area contributed by atoms with Crippen molar-refractivity contribution in [1.29, 1.82) is 0 Å². The summed E-state index contributed by atoms with van der Waals surface area (Å²) in [5, 5.41) is 5.85. The Morgan fingerprint density at radius 1 is 1.53 bits per heavy atom. The molecule has 2 unspecified atom stereocenters. The number of rotatable bonds is 3. The smallest absolute Gasteiger partial charge is 0.246 e. The van der Waals surface area contributed by atoms with Crippen molar-refractivity contribution >= 4 is 27.5 Å². The highest BCUT2D eigenvalue weighted by Crippen LogP contribution is 2.39. The standard InChI is InChI=1S/C13H15BrN2O3/c1-15-12-8-4-9(14)11(5-10(8)16-13(12)17)19-7-2-3-18-6-7/h4-5,7,12,15H,2-3,6H2,1H3,(H,16,17). The zero-order chi connectivity index (χ0) is 13.4. The molecule has 0 spiro atoms. The van der Waals surface area contributed by atoms with E-state index < -0.39 is 0 Å². The number of fused-ring (bicyclic) bond motifs is 1. The maximum absolute atomic E-state index is 11.8. The van der Waals surface area contributed by atoms with E-state index in [9.17, 15) is 4.79 Å². The fourth-order valence-electron chi connectivity index (χ4n) is 2.42. The van der Waals surface area contributed by atoms with E-state index in [2.05, 4.69) is 26.6 Å². The number of likely N-dealkylation sites (N-methyl/N-ethyl adjacent to an activating group) is 1. The first-order valence-corrected chi connectivity index (χ1v) is 7.04. The van der Waals surface area contributed by atoms with Gasteiger partial charge in [-0.15, -0.1) is 0 Å². The normalized spacial score (nSPS) is 25.3. The van der Waals surface area contributed by atoms with Crippen LogP contribution in [0.4, 0.5) is 5.69 Å². The largest absolute Gasteiger partial charge is 0.487 e.